The number of carbonyl (C=O) groups is 1. The fourth-order valence-corrected chi connectivity index (χ4v) is 4.21. The van der Waals surface area contributed by atoms with Crippen LogP contribution >= 0.6 is 0 Å². The van der Waals surface area contributed by atoms with E-state index in [1.807, 2.05) is 0 Å². The number of hydrogen-bond donors (Lipinski definition) is 1. The average molecular weight is 334 g/mol. The van der Waals surface area contributed by atoms with Crippen LogP contribution in [0.5, 0.6) is 11.5 Å². The maximum absolute atomic E-state index is 12.4. The molecule has 2 fully saturated rings. The van der Waals surface area contributed by atoms with E-state index < -0.39 is 0 Å². The summed E-state index contributed by atoms with van der Waals surface area (Å²) in [6, 6.07) is 5.82. The van der Waals surface area contributed by atoms with Crippen molar-refractivity contribution in [1.82, 2.24) is 0 Å². The molecule has 1 N–H and O–H groups in total. The van der Waals surface area contributed by atoms with Gasteiger partial charge in [-0.1, -0.05) is 0 Å². The molecule has 24 heavy (non-hydrogen) atoms. The van der Waals surface area contributed by atoms with Crippen molar-refractivity contribution in [1.29, 1.82) is 0 Å². The van der Waals surface area contributed by atoms with Gasteiger partial charge < -0.3 is 19.1 Å². The second kappa shape index (κ2) is 7.88. The van der Waals surface area contributed by atoms with Crippen LogP contribution in [0.2, 0.25) is 0 Å². The van der Waals surface area contributed by atoms with Crippen molar-refractivity contribution in [3.05, 3.63) is 23.8 Å². The molecule has 3 rings (SSSR count). The largest absolute Gasteiger partial charge is 0.493 e. The van der Waals surface area contributed by atoms with E-state index in [2.05, 4.69) is 0 Å². The van der Waals surface area contributed by atoms with E-state index in [9.17, 15) is 4.79 Å². The Morgan fingerprint density at radius 3 is 2.67 bits per heavy atom. The van der Waals surface area contributed by atoms with Crippen molar-refractivity contribution >= 4 is 5.97 Å². The minimum absolute atomic E-state index is 0.279. The molecule has 0 aromatic heterocycles. The lowest BCUT2D eigenvalue weighted by atomic mass is 9.84. The first-order valence-electron chi connectivity index (χ1n) is 8.96. The van der Waals surface area contributed by atoms with E-state index in [1.54, 1.807) is 37.3 Å². The molecule has 0 spiro atoms. The summed E-state index contributed by atoms with van der Waals surface area (Å²) < 4.78 is 16.1. The minimum Gasteiger partial charge on any atom is -0.493 e. The van der Waals surface area contributed by atoms with Crippen molar-refractivity contribution in [3.8, 4) is 11.5 Å². The lowest BCUT2D eigenvalue weighted by molar-refractivity contribution is -0.940. The van der Waals surface area contributed by atoms with Crippen LogP contribution < -0.4 is 14.4 Å². The van der Waals surface area contributed by atoms with Gasteiger partial charge in [0.2, 0.25) is 0 Å². The first kappa shape index (κ1) is 17.1. The SMILES string of the molecule is COc1ccc(C(=O)OC[C@@H]2CCC[NH+]3CCCC[C@H]23)cc1OC. The van der Waals surface area contributed by atoms with Gasteiger partial charge in [0.25, 0.3) is 0 Å². The van der Waals surface area contributed by atoms with Crippen LogP contribution in [0.1, 0.15) is 42.5 Å². The van der Waals surface area contributed by atoms with Crippen LogP contribution in [0.15, 0.2) is 18.2 Å². The molecule has 2 saturated heterocycles. The Balaban J connectivity index is 1.60. The number of quaternary nitrogens is 1. The van der Waals surface area contributed by atoms with Gasteiger partial charge >= 0.3 is 5.97 Å². The highest BCUT2D eigenvalue weighted by Gasteiger charge is 2.37. The van der Waals surface area contributed by atoms with Gasteiger partial charge in [-0.3, -0.25) is 0 Å². The van der Waals surface area contributed by atoms with Crippen molar-refractivity contribution in [3.63, 3.8) is 0 Å². The van der Waals surface area contributed by atoms with E-state index >= 15 is 0 Å². The van der Waals surface area contributed by atoms with E-state index in [4.69, 9.17) is 14.2 Å². The Morgan fingerprint density at radius 1 is 1.08 bits per heavy atom. The second-order valence-electron chi connectivity index (χ2n) is 6.83. The maximum atomic E-state index is 12.4. The van der Waals surface area contributed by atoms with Gasteiger partial charge in [-0.2, -0.15) is 0 Å². The number of esters is 1. The van der Waals surface area contributed by atoms with Gasteiger partial charge in [0.15, 0.2) is 11.5 Å². The second-order valence-corrected chi connectivity index (χ2v) is 6.83. The normalized spacial score (nSPS) is 26.3. The third kappa shape index (κ3) is 3.66. The zero-order chi connectivity index (χ0) is 16.9. The minimum atomic E-state index is -0.279. The van der Waals surface area contributed by atoms with Crippen LogP contribution in [0.3, 0.4) is 0 Å². The fraction of sp³-hybridized carbons (Fsp3) is 0.632. The zero-order valence-corrected chi connectivity index (χ0v) is 14.7. The molecule has 0 amide bonds. The lowest BCUT2D eigenvalue weighted by Gasteiger charge is -2.40. The summed E-state index contributed by atoms with van der Waals surface area (Å²) >= 11 is 0. The molecule has 1 aromatic rings. The molecule has 0 bridgehead atoms. The summed E-state index contributed by atoms with van der Waals surface area (Å²) in [6.07, 6.45) is 6.34. The molecule has 0 aliphatic carbocycles. The molecule has 132 valence electrons. The van der Waals surface area contributed by atoms with E-state index in [0.717, 1.165) is 0 Å². The third-order valence-corrected chi connectivity index (χ3v) is 5.48. The molecule has 0 saturated carbocycles. The first-order chi connectivity index (χ1) is 11.7. The predicted octanol–water partition coefficient (Wildman–Crippen LogP) is 1.71. The first-order valence-corrected chi connectivity index (χ1v) is 8.96. The van der Waals surface area contributed by atoms with Crippen molar-refractivity contribution in [2.24, 2.45) is 5.92 Å². The number of ether oxygens (including phenoxy) is 3. The van der Waals surface area contributed by atoms with Gasteiger partial charge in [0.05, 0.1) is 38.9 Å². The molecule has 1 unspecified atom stereocenters. The molecule has 5 nitrogen and oxygen atoms in total. The average Bonchev–Trinajstić information content (AvgIpc) is 2.65. The van der Waals surface area contributed by atoms with Crippen LogP contribution in [0.25, 0.3) is 0 Å². The predicted molar refractivity (Wildman–Crippen MR) is 90.9 cm³/mol. The summed E-state index contributed by atoms with van der Waals surface area (Å²) in [5.41, 5.74) is 0.510. The number of benzene rings is 1. The molecule has 2 aliphatic rings. The Bertz CT molecular complexity index is 572. The van der Waals surface area contributed by atoms with Gasteiger partial charge in [-0.05, 0) is 50.3 Å². The highest BCUT2D eigenvalue weighted by Crippen LogP contribution is 2.28. The van der Waals surface area contributed by atoms with Crippen LogP contribution in [-0.4, -0.2) is 45.9 Å². The Kier molecular flexibility index (Phi) is 5.61. The topological polar surface area (TPSA) is 49.2 Å². The number of rotatable bonds is 5. The zero-order valence-electron chi connectivity index (χ0n) is 14.7. The third-order valence-electron chi connectivity index (χ3n) is 5.48. The molecule has 1 aromatic carbocycles. The van der Waals surface area contributed by atoms with E-state index in [0.29, 0.717) is 35.6 Å². The maximum Gasteiger partial charge on any atom is 0.338 e. The van der Waals surface area contributed by atoms with Gasteiger partial charge in [-0.25, -0.2) is 4.79 Å². The molecule has 2 aliphatic heterocycles. The molecule has 5 heteroatoms. The van der Waals surface area contributed by atoms with Crippen LogP contribution in [0.4, 0.5) is 0 Å². The van der Waals surface area contributed by atoms with E-state index in [1.165, 1.54) is 45.2 Å². The lowest BCUT2D eigenvalue weighted by Crippen LogP contribution is -3.18. The van der Waals surface area contributed by atoms with Crippen LogP contribution in [0, 0.1) is 5.92 Å². The molecular formula is C19H28NO4+. The number of fused-ring (bicyclic) bond motifs is 1. The monoisotopic (exact) mass is 334 g/mol. The summed E-state index contributed by atoms with van der Waals surface area (Å²) in [6.45, 7) is 3.09. The van der Waals surface area contributed by atoms with E-state index in [-0.39, 0.29) is 5.97 Å². The molecule has 2 heterocycles. The fourth-order valence-electron chi connectivity index (χ4n) is 4.21. The standard InChI is InChI=1S/C19H27NO4/c1-22-17-9-8-14(12-18(17)23-2)19(21)24-13-15-6-5-11-20-10-4-3-7-16(15)20/h8-9,12,15-16H,3-7,10-11,13H2,1-2H3/p+1/t15-,16+/m0/s1. The highest BCUT2D eigenvalue weighted by atomic mass is 16.5. The number of piperidine rings is 2. The van der Waals surface area contributed by atoms with Gasteiger partial charge in [0, 0.05) is 5.92 Å². The molecule has 3 atom stereocenters. The quantitative estimate of drug-likeness (QED) is 0.833. The van der Waals surface area contributed by atoms with Crippen molar-refractivity contribution in [2.45, 2.75) is 38.1 Å². The summed E-state index contributed by atoms with van der Waals surface area (Å²) in [5, 5.41) is 0. The van der Waals surface area contributed by atoms with Crippen LogP contribution in [-0.2, 0) is 4.74 Å². The summed E-state index contributed by atoms with van der Waals surface area (Å²) in [4.78, 5) is 14.1. The van der Waals surface area contributed by atoms with Crippen molar-refractivity contribution < 1.29 is 23.9 Å². The molecular weight excluding hydrogens is 306 g/mol. The van der Waals surface area contributed by atoms with Gasteiger partial charge in [0.1, 0.15) is 6.61 Å². The van der Waals surface area contributed by atoms with Gasteiger partial charge in [-0.15, -0.1) is 0 Å². The number of methoxy groups -OCH3 is 2. The molecule has 0 radical (unpaired) electrons. The Hall–Kier alpha value is -1.75. The Labute approximate surface area is 143 Å². The highest BCUT2D eigenvalue weighted by molar-refractivity contribution is 5.90. The number of carbonyl (C=O) groups excluding carboxylic acids is 1. The number of nitrogens with one attached hydrogen (secondary N) is 1. The number of hydrogen-bond acceptors (Lipinski definition) is 4. The summed E-state index contributed by atoms with van der Waals surface area (Å²) in [7, 11) is 3.15. The van der Waals surface area contributed by atoms with Crippen molar-refractivity contribution in [2.75, 3.05) is 33.9 Å². The Morgan fingerprint density at radius 2 is 1.88 bits per heavy atom. The summed E-state index contributed by atoms with van der Waals surface area (Å²) in [5.74, 6) is 1.38. The smallest absolute Gasteiger partial charge is 0.338 e.